The van der Waals surface area contributed by atoms with E-state index in [-0.39, 0.29) is 24.2 Å². The molecular weight excluding hydrogens is 308 g/mol. The highest BCUT2D eigenvalue weighted by atomic mass is 16.4. The number of carboxylic acids is 1. The van der Waals surface area contributed by atoms with Gasteiger partial charge in [-0.1, -0.05) is 30.3 Å². The quantitative estimate of drug-likeness (QED) is 0.842. The normalized spacial score (nSPS) is 20.1. The molecule has 1 saturated heterocycles. The molecule has 0 radical (unpaired) electrons. The van der Waals surface area contributed by atoms with Crippen LogP contribution in [0.15, 0.2) is 42.6 Å². The van der Waals surface area contributed by atoms with Gasteiger partial charge < -0.3 is 15.0 Å². The van der Waals surface area contributed by atoms with Crippen LogP contribution in [-0.2, 0) is 4.79 Å². The summed E-state index contributed by atoms with van der Waals surface area (Å²) in [4.78, 5) is 39.9. The molecule has 2 atom stereocenters. The van der Waals surface area contributed by atoms with E-state index in [0.717, 1.165) is 5.56 Å². The topological polar surface area (TPSA) is 90.5 Å². The number of ketones is 1. The summed E-state index contributed by atoms with van der Waals surface area (Å²) in [6.07, 6.45) is 1.50. The Morgan fingerprint density at radius 1 is 1.17 bits per heavy atom. The zero-order valence-corrected chi connectivity index (χ0v) is 13.2. The van der Waals surface area contributed by atoms with E-state index in [9.17, 15) is 19.5 Å². The molecule has 1 aliphatic rings. The van der Waals surface area contributed by atoms with Crippen molar-refractivity contribution in [2.75, 3.05) is 13.1 Å². The van der Waals surface area contributed by atoms with Gasteiger partial charge in [-0.15, -0.1) is 0 Å². The Bertz CT molecular complexity index is 781. The van der Waals surface area contributed by atoms with E-state index < -0.39 is 11.9 Å². The fourth-order valence-electron chi connectivity index (χ4n) is 3.15. The number of aliphatic carboxylic acids is 1. The number of Topliss-reactive ketones (excluding diaryl/α,β-unsaturated/α-hetero) is 1. The lowest BCUT2D eigenvalue weighted by Crippen LogP contribution is -2.30. The fraction of sp³-hybridized carbons (Fsp3) is 0.278. The van der Waals surface area contributed by atoms with Crippen LogP contribution in [-0.4, -0.2) is 45.7 Å². The second-order valence-electron chi connectivity index (χ2n) is 6.03. The number of carbonyl (C=O) groups is 3. The Labute approximate surface area is 139 Å². The monoisotopic (exact) mass is 326 g/mol. The van der Waals surface area contributed by atoms with Gasteiger partial charge in [-0.05, 0) is 18.6 Å². The predicted octanol–water partition coefficient (Wildman–Crippen LogP) is 2.16. The summed E-state index contributed by atoms with van der Waals surface area (Å²) in [6.45, 7) is 1.93. The number of rotatable bonds is 4. The van der Waals surface area contributed by atoms with Gasteiger partial charge in [-0.25, -0.2) is 0 Å². The molecule has 2 aromatic rings. The highest BCUT2D eigenvalue weighted by Crippen LogP contribution is 2.33. The van der Waals surface area contributed by atoms with E-state index in [1.54, 1.807) is 0 Å². The Kier molecular flexibility index (Phi) is 4.20. The Morgan fingerprint density at radius 2 is 1.88 bits per heavy atom. The fourth-order valence-corrected chi connectivity index (χ4v) is 3.15. The van der Waals surface area contributed by atoms with Crippen LogP contribution in [0.2, 0.25) is 0 Å². The maximum atomic E-state index is 12.6. The molecule has 1 aromatic heterocycles. The van der Waals surface area contributed by atoms with Gasteiger partial charge in [0.1, 0.15) is 5.69 Å². The third-order valence-corrected chi connectivity index (χ3v) is 4.47. The Morgan fingerprint density at radius 3 is 2.46 bits per heavy atom. The number of hydrogen-bond donors (Lipinski definition) is 2. The molecular formula is C18H18N2O4. The van der Waals surface area contributed by atoms with Crippen molar-refractivity contribution in [3.05, 3.63) is 59.4 Å². The summed E-state index contributed by atoms with van der Waals surface area (Å²) in [6, 6.07) is 10.9. The predicted molar refractivity (Wildman–Crippen MR) is 87.0 cm³/mol. The molecule has 2 N–H and O–H groups in total. The minimum Gasteiger partial charge on any atom is -0.481 e. The molecule has 1 amide bonds. The SMILES string of the molecule is CC(=O)c1c[nH]c(C(=O)N2C[C@H](C(=O)O)[C@H](c3ccccc3)C2)c1. The minimum atomic E-state index is -0.907. The van der Waals surface area contributed by atoms with Gasteiger partial charge in [0, 0.05) is 30.8 Å². The van der Waals surface area contributed by atoms with Crippen LogP contribution in [0, 0.1) is 5.92 Å². The van der Waals surface area contributed by atoms with Crippen molar-refractivity contribution < 1.29 is 19.5 Å². The van der Waals surface area contributed by atoms with Crippen LogP contribution < -0.4 is 0 Å². The molecule has 0 aliphatic carbocycles. The largest absolute Gasteiger partial charge is 0.481 e. The number of nitrogens with one attached hydrogen (secondary N) is 1. The van der Waals surface area contributed by atoms with E-state index in [2.05, 4.69) is 4.98 Å². The van der Waals surface area contributed by atoms with Crippen LogP contribution in [0.1, 0.15) is 39.3 Å². The highest BCUT2D eigenvalue weighted by Gasteiger charge is 2.40. The summed E-state index contributed by atoms with van der Waals surface area (Å²) in [5.41, 5.74) is 1.65. The summed E-state index contributed by atoms with van der Waals surface area (Å²) < 4.78 is 0. The molecule has 3 rings (SSSR count). The first-order chi connectivity index (χ1) is 11.5. The van der Waals surface area contributed by atoms with Crippen LogP contribution >= 0.6 is 0 Å². The van der Waals surface area contributed by atoms with Gasteiger partial charge in [-0.3, -0.25) is 14.4 Å². The van der Waals surface area contributed by atoms with Crippen molar-refractivity contribution in [2.24, 2.45) is 5.92 Å². The van der Waals surface area contributed by atoms with Crippen LogP contribution in [0.25, 0.3) is 0 Å². The van der Waals surface area contributed by atoms with Gasteiger partial charge >= 0.3 is 5.97 Å². The molecule has 1 aromatic carbocycles. The molecule has 124 valence electrons. The number of aromatic nitrogens is 1. The first kappa shape index (κ1) is 16.0. The lowest BCUT2D eigenvalue weighted by Gasteiger charge is -2.15. The van der Waals surface area contributed by atoms with Crippen molar-refractivity contribution in [3.63, 3.8) is 0 Å². The first-order valence-electron chi connectivity index (χ1n) is 7.73. The van der Waals surface area contributed by atoms with Gasteiger partial charge in [0.25, 0.3) is 5.91 Å². The number of amides is 1. The number of likely N-dealkylation sites (tertiary alicyclic amines) is 1. The Balaban J connectivity index is 1.83. The second-order valence-corrected chi connectivity index (χ2v) is 6.03. The second kappa shape index (κ2) is 6.31. The molecule has 1 fully saturated rings. The number of carbonyl (C=O) groups excluding carboxylic acids is 2. The zero-order chi connectivity index (χ0) is 17.3. The van der Waals surface area contributed by atoms with Crippen molar-refractivity contribution in [1.29, 1.82) is 0 Å². The summed E-state index contributed by atoms with van der Waals surface area (Å²) >= 11 is 0. The molecule has 0 saturated carbocycles. The maximum absolute atomic E-state index is 12.6. The molecule has 2 heterocycles. The molecule has 0 bridgehead atoms. The third-order valence-electron chi connectivity index (χ3n) is 4.47. The number of H-pyrrole nitrogens is 1. The maximum Gasteiger partial charge on any atom is 0.308 e. The van der Waals surface area contributed by atoms with E-state index in [0.29, 0.717) is 17.8 Å². The van der Waals surface area contributed by atoms with Crippen LogP contribution in [0.5, 0.6) is 0 Å². The van der Waals surface area contributed by atoms with Gasteiger partial charge in [0.15, 0.2) is 5.78 Å². The van der Waals surface area contributed by atoms with E-state index in [4.69, 9.17) is 0 Å². The molecule has 6 nitrogen and oxygen atoms in total. The van der Waals surface area contributed by atoms with Crippen molar-refractivity contribution >= 4 is 17.7 Å². The zero-order valence-electron chi connectivity index (χ0n) is 13.2. The number of nitrogens with zero attached hydrogens (tertiary/aromatic N) is 1. The molecule has 0 unspecified atom stereocenters. The van der Waals surface area contributed by atoms with Crippen molar-refractivity contribution in [1.82, 2.24) is 9.88 Å². The van der Waals surface area contributed by atoms with Crippen LogP contribution in [0.3, 0.4) is 0 Å². The molecule has 6 heteroatoms. The summed E-state index contributed by atoms with van der Waals surface area (Å²) in [7, 11) is 0. The van der Waals surface area contributed by atoms with Gasteiger partial charge in [0.2, 0.25) is 0 Å². The smallest absolute Gasteiger partial charge is 0.308 e. The highest BCUT2D eigenvalue weighted by molar-refractivity contribution is 5.99. The third kappa shape index (κ3) is 2.95. The van der Waals surface area contributed by atoms with Gasteiger partial charge in [0.05, 0.1) is 5.92 Å². The number of aromatic amines is 1. The number of carboxylic acid groups (broad SMARTS) is 1. The number of hydrogen-bond acceptors (Lipinski definition) is 3. The first-order valence-corrected chi connectivity index (χ1v) is 7.73. The molecule has 1 aliphatic heterocycles. The lowest BCUT2D eigenvalue weighted by atomic mass is 9.89. The van der Waals surface area contributed by atoms with Crippen LogP contribution in [0.4, 0.5) is 0 Å². The lowest BCUT2D eigenvalue weighted by molar-refractivity contribution is -0.141. The Hall–Kier alpha value is -2.89. The average molecular weight is 326 g/mol. The van der Waals surface area contributed by atoms with E-state index >= 15 is 0 Å². The molecule has 0 spiro atoms. The summed E-state index contributed by atoms with van der Waals surface area (Å²) in [5.74, 6) is -2.20. The van der Waals surface area contributed by atoms with Crippen molar-refractivity contribution in [3.8, 4) is 0 Å². The average Bonchev–Trinajstić information content (AvgIpc) is 3.22. The number of benzene rings is 1. The van der Waals surface area contributed by atoms with E-state index in [1.807, 2.05) is 30.3 Å². The summed E-state index contributed by atoms with van der Waals surface area (Å²) in [5, 5.41) is 9.50. The van der Waals surface area contributed by atoms with Crippen molar-refractivity contribution in [2.45, 2.75) is 12.8 Å². The van der Waals surface area contributed by atoms with E-state index in [1.165, 1.54) is 24.1 Å². The molecule has 24 heavy (non-hydrogen) atoms. The minimum absolute atomic E-state index is 0.128. The van der Waals surface area contributed by atoms with Gasteiger partial charge in [-0.2, -0.15) is 0 Å². The standard InChI is InChI=1S/C18H18N2O4/c1-11(21)13-7-16(19-8-13)17(22)20-9-14(15(10-20)18(23)24)12-5-3-2-4-6-12/h2-8,14-15,19H,9-10H2,1H3,(H,23,24)/t14-,15-/m0/s1.